The highest BCUT2D eigenvalue weighted by atomic mass is 16.5. The van der Waals surface area contributed by atoms with Gasteiger partial charge in [-0.25, -0.2) is 0 Å². The molecule has 2 saturated heterocycles. The van der Waals surface area contributed by atoms with Gasteiger partial charge in [-0.05, 0) is 37.9 Å². The highest BCUT2D eigenvalue weighted by Crippen LogP contribution is 2.15. The summed E-state index contributed by atoms with van der Waals surface area (Å²) >= 11 is 0. The number of carbonyl (C=O) groups excluding carboxylic acids is 1. The summed E-state index contributed by atoms with van der Waals surface area (Å²) in [5, 5.41) is 3.17. The lowest BCUT2D eigenvalue weighted by Gasteiger charge is -2.32. The van der Waals surface area contributed by atoms with Gasteiger partial charge in [0.05, 0.1) is 19.3 Å². The average molecular weight is 346 g/mol. The van der Waals surface area contributed by atoms with Crippen LogP contribution in [0, 0.1) is 0 Å². The second-order valence-corrected chi connectivity index (χ2v) is 7.02. The normalized spacial score (nSPS) is 24.8. The fourth-order valence-electron chi connectivity index (χ4n) is 3.54. The van der Waals surface area contributed by atoms with Crippen LogP contribution in [0.2, 0.25) is 0 Å². The third kappa shape index (κ3) is 6.10. The van der Waals surface area contributed by atoms with Crippen LogP contribution in [0.15, 0.2) is 30.3 Å². The number of amides is 1. The van der Waals surface area contributed by atoms with Crippen molar-refractivity contribution in [3.63, 3.8) is 0 Å². The van der Waals surface area contributed by atoms with Crippen molar-refractivity contribution in [2.24, 2.45) is 0 Å². The van der Waals surface area contributed by atoms with Gasteiger partial charge in [0.1, 0.15) is 6.10 Å². The number of rotatable bonds is 7. The quantitative estimate of drug-likeness (QED) is 0.823. The molecule has 0 saturated carbocycles. The van der Waals surface area contributed by atoms with Crippen molar-refractivity contribution in [3.05, 3.63) is 35.9 Å². The van der Waals surface area contributed by atoms with E-state index in [1.165, 1.54) is 19.3 Å². The summed E-state index contributed by atoms with van der Waals surface area (Å²) in [5.74, 6) is 0.130. The van der Waals surface area contributed by atoms with E-state index in [-0.39, 0.29) is 18.1 Å². The van der Waals surface area contributed by atoms with Gasteiger partial charge in [0, 0.05) is 19.6 Å². The molecule has 3 rings (SSSR count). The van der Waals surface area contributed by atoms with Crippen LogP contribution in [0.25, 0.3) is 0 Å². The van der Waals surface area contributed by atoms with Crippen LogP contribution in [-0.4, -0.2) is 55.8 Å². The first kappa shape index (κ1) is 18.4. The molecule has 1 amide bonds. The van der Waals surface area contributed by atoms with E-state index in [0.717, 1.165) is 31.6 Å². The Morgan fingerprint density at radius 3 is 2.80 bits per heavy atom. The van der Waals surface area contributed by atoms with E-state index in [4.69, 9.17) is 9.47 Å². The van der Waals surface area contributed by atoms with Crippen molar-refractivity contribution in [2.75, 3.05) is 32.8 Å². The van der Waals surface area contributed by atoms with Crippen LogP contribution in [0.4, 0.5) is 0 Å². The summed E-state index contributed by atoms with van der Waals surface area (Å²) in [7, 11) is 0. The predicted molar refractivity (Wildman–Crippen MR) is 97.3 cm³/mol. The molecule has 1 aromatic rings. The lowest BCUT2D eigenvalue weighted by atomic mass is 10.1. The molecule has 0 aromatic heterocycles. The monoisotopic (exact) mass is 346 g/mol. The van der Waals surface area contributed by atoms with Crippen LogP contribution in [0.1, 0.15) is 37.7 Å². The molecule has 0 unspecified atom stereocenters. The molecular formula is C20H30N2O3. The summed E-state index contributed by atoms with van der Waals surface area (Å²) in [5.41, 5.74) is 1.14. The molecule has 5 nitrogen and oxygen atoms in total. The number of piperidine rings is 1. The minimum absolute atomic E-state index is 0.0475. The van der Waals surface area contributed by atoms with Gasteiger partial charge in [0.2, 0.25) is 5.91 Å². The number of carbonyl (C=O) groups is 1. The number of benzene rings is 1. The topological polar surface area (TPSA) is 50.8 Å². The first-order chi connectivity index (χ1) is 12.3. The Balaban J connectivity index is 1.42. The Morgan fingerprint density at radius 2 is 2.00 bits per heavy atom. The van der Waals surface area contributed by atoms with Crippen LogP contribution >= 0.6 is 0 Å². The van der Waals surface area contributed by atoms with Crippen molar-refractivity contribution in [2.45, 2.75) is 50.9 Å². The van der Waals surface area contributed by atoms with Crippen LogP contribution in [0.5, 0.6) is 0 Å². The van der Waals surface area contributed by atoms with Crippen LogP contribution < -0.4 is 5.32 Å². The first-order valence-corrected chi connectivity index (χ1v) is 9.56. The summed E-state index contributed by atoms with van der Waals surface area (Å²) in [6.45, 7) is 4.91. The van der Waals surface area contributed by atoms with Gasteiger partial charge in [-0.1, -0.05) is 36.8 Å². The highest BCUT2D eigenvalue weighted by Gasteiger charge is 2.28. The fourth-order valence-corrected chi connectivity index (χ4v) is 3.54. The van der Waals surface area contributed by atoms with E-state index in [9.17, 15) is 4.79 Å². The fraction of sp³-hybridized carbons (Fsp3) is 0.650. The lowest BCUT2D eigenvalue weighted by molar-refractivity contribution is -0.127. The van der Waals surface area contributed by atoms with Crippen LogP contribution in [-0.2, 0) is 20.9 Å². The molecule has 5 heteroatoms. The number of ether oxygens (including phenoxy) is 2. The Kier molecular flexibility index (Phi) is 7.27. The Hall–Kier alpha value is -1.43. The van der Waals surface area contributed by atoms with E-state index in [1.54, 1.807) is 0 Å². The maximum Gasteiger partial charge on any atom is 0.221 e. The van der Waals surface area contributed by atoms with E-state index in [0.29, 0.717) is 26.2 Å². The lowest BCUT2D eigenvalue weighted by Crippen LogP contribution is -2.50. The number of hydrogen-bond acceptors (Lipinski definition) is 4. The molecule has 1 N–H and O–H groups in total. The number of hydrogen-bond donors (Lipinski definition) is 1. The van der Waals surface area contributed by atoms with Crippen molar-refractivity contribution in [3.8, 4) is 0 Å². The number of likely N-dealkylation sites (tertiary alicyclic amines) is 1. The second-order valence-electron chi connectivity index (χ2n) is 7.02. The minimum atomic E-state index is -0.0760. The van der Waals surface area contributed by atoms with Gasteiger partial charge in [0.15, 0.2) is 0 Å². The van der Waals surface area contributed by atoms with Gasteiger partial charge in [0.25, 0.3) is 0 Å². The molecule has 0 spiro atoms. The molecule has 0 bridgehead atoms. The maximum absolute atomic E-state index is 12.3. The third-order valence-corrected chi connectivity index (χ3v) is 5.06. The Morgan fingerprint density at radius 1 is 1.20 bits per heavy atom. The molecule has 2 heterocycles. The molecular weight excluding hydrogens is 316 g/mol. The molecule has 2 atom stereocenters. The zero-order chi connectivity index (χ0) is 17.3. The molecule has 2 fully saturated rings. The Labute approximate surface area is 150 Å². The summed E-state index contributed by atoms with van der Waals surface area (Å²) in [6, 6.07) is 10.2. The van der Waals surface area contributed by atoms with E-state index in [2.05, 4.69) is 22.3 Å². The van der Waals surface area contributed by atoms with Crippen molar-refractivity contribution < 1.29 is 14.3 Å². The molecule has 2 aliphatic heterocycles. The average Bonchev–Trinajstić information content (AvgIpc) is 2.67. The van der Waals surface area contributed by atoms with E-state index < -0.39 is 0 Å². The largest absolute Gasteiger partial charge is 0.379 e. The van der Waals surface area contributed by atoms with E-state index >= 15 is 0 Å². The zero-order valence-corrected chi connectivity index (χ0v) is 15.0. The molecule has 0 radical (unpaired) electrons. The Bertz CT molecular complexity index is 517. The molecule has 25 heavy (non-hydrogen) atoms. The smallest absolute Gasteiger partial charge is 0.221 e. The SMILES string of the molecule is O=C(CCN1CCCCC1)N[C@@H]1CCOC[C@H]1OCc1ccccc1. The molecule has 1 aromatic carbocycles. The summed E-state index contributed by atoms with van der Waals surface area (Å²) in [4.78, 5) is 14.7. The van der Waals surface area contributed by atoms with Crippen molar-refractivity contribution >= 4 is 5.91 Å². The van der Waals surface area contributed by atoms with Crippen molar-refractivity contribution in [1.82, 2.24) is 10.2 Å². The van der Waals surface area contributed by atoms with Gasteiger partial charge in [-0.3, -0.25) is 4.79 Å². The molecule has 0 aliphatic carbocycles. The summed E-state index contributed by atoms with van der Waals surface area (Å²) in [6.07, 6.45) is 5.16. The number of nitrogens with zero attached hydrogens (tertiary/aromatic N) is 1. The van der Waals surface area contributed by atoms with E-state index in [1.807, 2.05) is 18.2 Å². The molecule has 138 valence electrons. The zero-order valence-electron chi connectivity index (χ0n) is 15.0. The maximum atomic E-state index is 12.3. The second kappa shape index (κ2) is 9.90. The van der Waals surface area contributed by atoms with Gasteiger partial charge in [-0.15, -0.1) is 0 Å². The molecule has 2 aliphatic rings. The van der Waals surface area contributed by atoms with Gasteiger partial charge in [-0.2, -0.15) is 0 Å². The van der Waals surface area contributed by atoms with Crippen molar-refractivity contribution in [1.29, 1.82) is 0 Å². The third-order valence-electron chi connectivity index (χ3n) is 5.06. The standard InChI is InChI=1S/C20H30N2O3/c23-20(9-13-22-11-5-2-6-12-22)21-18-10-14-24-16-19(18)25-15-17-7-3-1-4-8-17/h1,3-4,7-8,18-19H,2,5-6,9-16H2,(H,21,23)/t18-,19-/m1/s1. The van der Waals surface area contributed by atoms with Gasteiger partial charge < -0.3 is 19.7 Å². The minimum Gasteiger partial charge on any atom is -0.379 e. The summed E-state index contributed by atoms with van der Waals surface area (Å²) < 4.78 is 11.6. The predicted octanol–water partition coefficient (Wildman–Crippen LogP) is 2.35. The number of nitrogens with one attached hydrogen (secondary N) is 1. The highest BCUT2D eigenvalue weighted by molar-refractivity contribution is 5.76. The van der Waals surface area contributed by atoms with Crippen LogP contribution in [0.3, 0.4) is 0 Å². The first-order valence-electron chi connectivity index (χ1n) is 9.56. The van der Waals surface area contributed by atoms with Gasteiger partial charge >= 0.3 is 0 Å².